The summed E-state index contributed by atoms with van der Waals surface area (Å²) < 4.78 is 31.4. The highest BCUT2D eigenvalue weighted by atomic mass is 32.2. The van der Waals surface area contributed by atoms with Gasteiger partial charge < -0.3 is 9.30 Å². The number of ether oxygens (including phenoxy) is 1. The molecule has 0 bridgehead atoms. The maximum absolute atomic E-state index is 12.2. The number of sulfone groups is 1. The lowest BCUT2D eigenvalue weighted by molar-refractivity contribution is -0.124. The van der Waals surface area contributed by atoms with Gasteiger partial charge in [0.2, 0.25) is 0 Å². The SMILES string of the molecule is COCCn1c(=NC(=O)C2CCC2)sc2cc(S(C)(=O)=O)ccc21. The van der Waals surface area contributed by atoms with E-state index < -0.39 is 9.84 Å². The fourth-order valence-corrected chi connectivity index (χ4v) is 4.43. The highest BCUT2D eigenvalue weighted by molar-refractivity contribution is 7.90. The third-order valence-corrected chi connectivity index (χ3v) is 6.41. The smallest absolute Gasteiger partial charge is 0.251 e. The van der Waals surface area contributed by atoms with Gasteiger partial charge in [-0.2, -0.15) is 4.99 Å². The van der Waals surface area contributed by atoms with Gasteiger partial charge in [-0.05, 0) is 31.0 Å². The number of thiazole rings is 1. The minimum absolute atomic E-state index is 0.0395. The number of benzene rings is 1. The average molecular weight is 368 g/mol. The van der Waals surface area contributed by atoms with Gasteiger partial charge >= 0.3 is 0 Å². The molecule has 130 valence electrons. The van der Waals surface area contributed by atoms with Crippen LogP contribution in [0.5, 0.6) is 0 Å². The van der Waals surface area contributed by atoms with Gasteiger partial charge in [-0.25, -0.2) is 8.42 Å². The Bertz CT molecular complexity index is 937. The third-order valence-electron chi connectivity index (χ3n) is 4.26. The molecule has 1 aromatic carbocycles. The van der Waals surface area contributed by atoms with Crippen LogP contribution in [0.3, 0.4) is 0 Å². The molecule has 0 radical (unpaired) electrons. The lowest BCUT2D eigenvalue weighted by Gasteiger charge is -2.20. The molecule has 1 heterocycles. The first-order chi connectivity index (χ1) is 11.4. The van der Waals surface area contributed by atoms with Crippen LogP contribution in [0.1, 0.15) is 19.3 Å². The maximum Gasteiger partial charge on any atom is 0.251 e. The molecule has 6 nitrogen and oxygen atoms in total. The molecule has 2 aromatic rings. The first-order valence-electron chi connectivity index (χ1n) is 7.81. The van der Waals surface area contributed by atoms with E-state index in [1.54, 1.807) is 25.3 Å². The first-order valence-corrected chi connectivity index (χ1v) is 10.5. The van der Waals surface area contributed by atoms with Crippen molar-refractivity contribution in [1.82, 2.24) is 4.57 Å². The molecule has 1 aliphatic rings. The van der Waals surface area contributed by atoms with Crippen molar-refractivity contribution < 1.29 is 17.9 Å². The highest BCUT2D eigenvalue weighted by Crippen LogP contribution is 2.27. The standard InChI is InChI=1S/C16H20N2O4S2/c1-22-9-8-18-13-7-6-12(24(2,20)21)10-14(13)23-16(18)17-15(19)11-4-3-5-11/h6-7,10-11H,3-5,8-9H2,1-2H3. The molecule has 1 amide bonds. The summed E-state index contributed by atoms with van der Waals surface area (Å²) in [5, 5.41) is 0. The van der Waals surface area contributed by atoms with E-state index in [2.05, 4.69) is 4.99 Å². The first kappa shape index (κ1) is 17.3. The van der Waals surface area contributed by atoms with Crippen LogP contribution >= 0.6 is 11.3 Å². The molecule has 8 heteroatoms. The van der Waals surface area contributed by atoms with Crippen LogP contribution in [0.2, 0.25) is 0 Å². The fraction of sp³-hybridized carbons (Fsp3) is 0.500. The highest BCUT2D eigenvalue weighted by Gasteiger charge is 2.25. The zero-order chi connectivity index (χ0) is 17.3. The quantitative estimate of drug-likeness (QED) is 0.808. The fourth-order valence-electron chi connectivity index (χ4n) is 2.61. The summed E-state index contributed by atoms with van der Waals surface area (Å²) in [4.78, 5) is 17.4. The molecule has 0 spiro atoms. The van der Waals surface area contributed by atoms with Crippen molar-refractivity contribution in [2.24, 2.45) is 10.9 Å². The van der Waals surface area contributed by atoms with Gasteiger partial charge in [-0.3, -0.25) is 4.79 Å². The van der Waals surface area contributed by atoms with Gasteiger partial charge in [0.1, 0.15) is 0 Å². The number of hydrogen-bond acceptors (Lipinski definition) is 5. The number of fused-ring (bicyclic) bond motifs is 1. The summed E-state index contributed by atoms with van der Waals surface area (Å²) in [5.74, 6) is -0.0417. The Labute approximate surface area is 144 Å². The number of amides is 1. The van der Waals surface area contributed by atoms with Crippen LogP contribution in [0.25, 0.3) is 10.2 Å². The van der Waals surface area contributed by atoms with Crippen LogP contribution in [0, 0.1) is 5.92 Å². The molecular weight excluding hydrogens is 348 g/mol. The molecule has 0 atom stereocenters. The van der Waals surface area contributed by atoms with Crippen molar-refractivity contribution in [3.05, 3.63) is 23.0 Å². The lowest BCUT2D eigenvalue weighted by atomic mass is 9.85. The Morgan fingerprint density at radius 3 is 2.75 bits per heavy atom. The number of carbonyl (C=O) groups excluding carboxylic acids is 1. The Morgan fingerprint density at radius 1 is 1.42 bits per heavy atom. The molecule has 1 saturated carbocycles. The van der Waals surface area contributed by atoms with Gasteiger partial charge in [0.25, 0.3) is 5.91 Å². The van der Waals surface area contributed by atoms with Crippen molar-refractivity contribution in [2.45, 2.75) is 30.7 Å². The van der Waals surface area contributed by atoms with Crippen molar-refractivity contribution in [3.63, 3.8) is 0 Å². The molecule has 0 saturated heterocycles. The predicted molar refractivity (Wildman–Crippen MR) is 92.7 cm³/mol. The number of nitrogens with zero attached hydrogens (tertiary/aromatic N) is 2. The average Bonchev–Trinajstić information content (AvgIpc) is 2.78. The van der Waals surface area contributed by atoms with Crippen molar-refractivity contribution >= 4 is 37.3 Å². The summed E-state index contributed by atoms with van der Waals surface area (Å²) in [5.41, 5.74) is 0.865. The van der Waals surface area contributed by atoms with E-state index in [0.29, 0.717) is 18.0 Å². The van der Waals surface area contributed by atoms with Crippen LogP contribution in [-0.4, -0.2) is 38.9 Å². The molecular formula is C16H20N2O4S2. The minimum atomic E-state index is -3.27. The van der Waals surface area contributed by atoms with Crippen molar-refractivity contribution in [1.29, 1.82) is 0 Å². The van der Waals surface area contributed by atoms with Crippen LogP contribution in [-0.2, 0) is 25.9 Å². The topological polar surface area (TPSA) is 77.7 Å². The maximum atomic E-state index is 12.2. The van der Waals surface area contributed by atoms with Crippen LogP contribution < -0.4 is 4.80 Å². The second-order valence-corrected chi connectivity index (χ2v) is 9.03. The van der Waals surface area contributed by atoms with E-state index in [4.69, 9.17) is 4.74 Å². The monoisotopic (exact) mass is 368 g/mol. The Balaban J connectivity index is 2.11. The summed E-state index contributed by atoms with van der Waals surface area (Å²) in [6.45, 7) is 1.05. The second kappa shape index (κ2) is 6.78. The summed E-state index contributed by atoms with van der Waals surface area (Å²) in [7, 11) is -1.65. The molecule has 1 aromatic heterocycles. The van der Waals surface area contributed by atoms with Crippen molar-refractivity contribution in [3.8, 4) is 0 Å². The zero-order valence-electron chi connectivity index (χ0n) is 13.7. The molecule has 0 N–H and O–H groups in total. The molecule has 24 heavy (non-hydrogen) atoms. The van der Waals surface area contributed by atoms with Gasteiger partial charge in [0.15, 0.2) is 14.6 Å². The van der Waals surface area contributed by atoms with Gasteiger partial charge in [-0.1, -0.05) is 17.8 Å². The molecule has 1 aliphatic carbocycles. The molecule has 0 unspecified atom stereocenters. The summed E-state index contributed by atoms with van der Waals surface area (Å²) in [6.07, 6.45) is 4.08. The van der Waals surface area contributed by atoms with Crippen molar-refractivity contribution in [2.75, 3.05) is 20.0 Å². The molecule has 3 rings (SSSR count). The molecule has 1 fully saturated rings. The zero-order valence-corrected chi connectivity index (χ0v) is 15.3. The van der Waals surface area contributed by atoms with E-state index in [1.165, 1.54) is 17.6 Å². The van der Waals surface area contributed by atoms with Gasteiger partial charge in [0.05, 0.1) is 21.7 Å². The van der Waals surface area contributed by atoms with E-state index in [1.807, 2.05) is 4.57 Å². The van der Waals surface area contributed by atoms with Crippen LogP contribution in [0.15, 0.2) is 28.1 Å². The Morgan fingerprint density at radius 2 is 2.17 bits per heavy atom. The number of carbonyl (C=O) groups is 1. The normalized spacial score (nSPS) is 16.5. The Kier molecular flexibility index (Phi) is 4.89. The molecule has 0 aliphatic heterocycles. The predicted octanol–water partition coefficient (Wildman–Crippen LogP) is 1.98. The third kappa shape index (κ3) is 3.45. The largest absolute Gasteiger partial charge is 0.383 e. The number of methoxy groups -OCH3 is 1. The van der Waals surface area contributed by atoms with E-state index >= 15 is 0 Å². The number of rotatable bonds is 5. The van der Waals surface area contributed by atoms with Gasteiger partial charge in [-0.15, -0.1) is 0 Å². The number of hydrogen-bond donors (Lipinski definition) is 0. The van der Waals surface area contributed by atoms with E-state index in [-0.39, 0.29) is 16.7 Å². The summed E-state index contributed by atoms with van der Waals surface area (Å²) in [6, 6.07) is 5.00. The number of aromatic nitrogens is 1. The lowest BCUT2D eigenvalue weighted by Crippen LogP contribution is -2.25. The van der Waals surface area contributed by atoms with Gasteiger partial charge in [0, 0.05) is 25.8 Å². The summed E-state index contributed by atoms with van der Waals surface area (Å²) >= 11 is 1.34. The second-order valence-electron chi connectivity index (χ2n) is 6.01. The van der Waals surface area contributed by atoms with E-state index in [9.17, 15) is 13.2 Å². The van der Waals surface area contributed by atoms with E-state index in [0.717, 1.165) is 29.5 Å². The minimum Gasteiger partial charge on any atom is -0.383 e. The van der Waals surface area contributed by atoms with Crippen LogP contribution in [0.4, 0.5) is 0 Å². The Hall–Kier alpha value is -1.51.